The molecule has 1 aromatic heterocycles. The summed E-state index contributed by atoms with van der Waals surface area (Å²) < 4.78 is 43.9. The van der Waals surface area contributed by atoms with Crippen LogP contribution in [-0.2, 0) is 6.18 Å². The van der Waals surface area contributed by atoms with Gasteiger partial charge in [-0.1, -0.05) is 25.1 Å². The molecule has 5 heteroatoms. The third-order valence-corrected chi connectivity index (χ3v) is 2.84. The summed E-state index contributed by atoms with van der Waals surface area (Å²) in [5, 5.41) is 9.60. The van der Waals surface area contributed by atoms with Gasteiger partial charge >= 0.3 is 6.18 Å². The van der Waals surface area contributed by atoms with Crippen LogP contribution < -0.4 is 0 Å². The van der Waals surface area contributed by atoms with Gasteiger partial charge in [-0.05, 0) is 24.6 Å². The minimum Gasteiger partial charge on any atom is -0.458 e. The van der Waals surface area contributed by atoms with E-state index in [9.17, 15) is 18.3 Å². The minimum atomic E-state index is -4.44. The van der Waals surface area contributed by atoms with Gasteiger partial charge < -0.3 is 9.52 Å². The third-order valence-electron chi connectivity index (χ3n) is 2.84. The van der Waals surface area contributed by atoms with E-state index in [4.69, 9.17) is 4.42 Å². The molecule has 0 amide bonds. The number of halogens is 3. The second-order valence-corrected chi connectivity index (χ2v) is 4.17. The standard InChI is InChI=1S/C14H13F3O2/c1-2-11(18)13-8-7-12(19-13)9-5-3-4-6-10(9)14(15,16)17/h3-8,11,18H,2H2,1H3. The topological polar surface area (TPSA) is 33.4 Å². The SMILES string of the molecule is CCC(O)c1ccc(-c2ccccc2C(F)(F)F)o1. The average Bonchev–Trinajstić information content (AvgIpc) is 2.86. The van der Waals surface area contributed by atoms with Crippen LogP contribution in [0.4, 0.5) is 13.2 Å². The summed E-state index contributed by atoms with van der Waals surface area (Å²) in [5.74, 6) is 0.380. The second kappa shape index (κ2) is 5.09. The Morgan fingerprint density at radius 2 is 1.84 bits per heavy atom. The number of aliphatic hydroxyl groups is 1. The van der Waals surface area contributed by atoms with Crippen LogP contribution in [0.2, 0.25) is 0 Å². The predicted molar refractivity (Wildman–Crippen MR) is 64.4 cm³/mol. The van der Waals surface area contributed by atoms with E-state index in [1.54, 1.807) is 6.92 Å². The van der Waals surface area contributed by atoms with Crippen molar-refractivity contribution in [2.75, 3.05) is 0 Å². The molecule has 0 aliphatic carbocycles. The van der Waals surface area contributed by atoms with E-state index in [0.717, 1.165) is 6.07 Å². The molecule has 0 spiro atoms. The Hall–Kier alpha value is -1.75. The Morgan fingerprint density at radius 1 is 1.16 bits per heavy atom. The number of rotatable bonds is 3. The van der Waals surface area contributed by atoms with Crippen LogP contribution in [-0.4, -0.2) is 5.11 Å². The number of furan rings is 1. The zero-order chi connectivity index (χ0) is 14.0. The zero-order valence-electron chi connectivity index (χ0n) is 10.2. The molecule has 2 aromatic rings. The molecule has 0 radical (unpaired) electrons. The minimum absolute atomic E-state index is 0.0236. The summed E-state index contributed by atoms with van der Waals surface area (Å²) in [6, 6.07) is 8.15. The van der Waals surface area contributed by atoms with Crippen LogP contribution in [0.3, 0.4) is 0 Å². The Balaban J connectivity index is 2.45. The normalized spacial score (nSPS) is 13.5. The van der Waals surface area contributed by atoms with Gasteiger partial charge in [0, 0.05) is 5.56 Å². The summed E-state index contributed by atoms with van der Waals surface area (Å²) in [6.45, 7) is 1.76. The Labute approximate surface area is 108 Å². The fourth-order valence-electron chi connectivity index (χ4n) is 1.82. The summed E-state index contributed by atoms with van der Waals surface area (Å²) in [6.07, 6.45) is -4.80. The van der Waals surface area contributed by atoms with E-state index in [1.807, 2.05) is 0 Å². The zero-order valence-corrected chi connectivity index (χ0v) is 10.2. The number of hydrogen-bond donors (Lipinski definition) is 1. The fourth-order valence-corrected chi connectivity index (χ4v) is 1.82. The number of alkyl halides is 3. The van der Waals surface area contributed by atoms with Crippen LogP contribution in [0.1, 0.15) is 30.8 Å². The van der Waals surface area contributed by atoms with E-state index in [0.29, 0.717) is 6.42 Å². The molecule has 0 fully saturated rings. The highest BCUT2D eigenvalue weighted by atomic mass is 19.4. The molecule has 0 aliphatic rings. The van der Waals surface area contributed by atoms with Gasteiger partial charge in [0.25, 0.3) is 0 Å². The highest BCUT2D eigenvalue weighted by molar-refractivity contribution is 5.63. The first-order chi connectivity index (χ1) is 8.93. The molecule has 0 saturated carbocycles. The molecule has 1 heterocycles. The molecule has 1 atom stereocenters. The molecule has 102 valence electrons. The maximum atomic E-state index is 12.9. The van der Waals surface area contributed by atoms with Gasteiger partial charge in [-0.15, -0.1) is 0 Å². The molecule has 2 rings (SSSR count). The monoisotopic (exact) mass is 270 g/mol. The summed E-state index contributed by atoms with van der Waals surface area (Å²) >= 11 is 0. The van der Waals surface area contributed by atoms with Crippen molar-refractivity contribution in [3.63, 3.8) is 0 Å². The van der Waals surface area contributed by atoms with E-state index < -0.39 is 17.8 Å². The van der Waals surface area contributed by atoms with Gasteiger partial charge in [0.1, 0.15) is 17.6 Å². The Bertz CT molecular complexity index is 558. The molecular formula is C14H13F3O2. The van der Waals surface area contributed by atoms with Crippen molar-refractivity contribution in [3.05, 3.63) is 47.7 Å². The highest BCUT2D eigenvalue weighted by Crippen LogP contribution is 2.38. The van der Waals surface area contributed by atoms with E-state index in [2.05, 4.69) is 0 Å². The number of benzene rings is 1. The lowest BCUT2D eigenvalue weighted by atomic mass is 10.1. The van der Waals surface area contributed by atoms with E-state index >= 15 is 0 Å². The highest BCUT2D eigenvalue weighted by Gasteiger charge is 2.34. The van der Waals surface area contributed by atoms with Gasteiger partial charge in [0.2, 0.25) is 0 Å². The lowest BCUT2D eigenvalue weighted by Crippen LogP contribution is -2.06. The van der Waals surface area contributed by atoms with Gasteiger partial charge in [0.15, 0.2) is 0 Å². The summed E-state index contributed by atoms with van der Waals surface area (Å²) in [7, 11) is 0. The molecule has 2 nitrogen and oxygen atoms in total. The maximum absolute atomic E-state index is 12.9. The fraction of sp³-hybridized carbons (Fsp3) is 0.286. The Morgan fingerprint density at radius 3 is 2.47 bits per heavy atom. The van der Waals surface area contributed by atoms with Crippen LogP contribution in [0.5, 0.6) is 0 Å². The first-order valence-electron chi connectivity index (χ1n) is 5.88. The van der Waals surface area contributed by atoms with Crippen molar-refractivity contribution in [1.82, 2.24) is 0 Å². The van der Waals surface area contributed by atoms with Crippen LogP contribution in [0, 0.1) is 0 Å². The second-order valence-electron chi connectivity index (χ2n) is 4.17. The van der Waals surface area contributed by atoms with Crippen LogP contribution in [0.25, 0.3) is 11.3 Å². The first-order valence-corrected chi connectivity index (χ1v) is 5.88. The molecular weight excluding hydrogens is 257 g/mol. The maximum Gasteiger partial charge on any atom is 0.417 e. The van der Waals surface area contributed by atoms with Crippen molar-refractivity contribution in [3.8, 4) is 11.3 Å². The van der Waals surface area contributed by atoms with Crippen molar-refractivity contribution in [1.29, 1.82) is 0 Å². The average molecular weight is 270 g/mol. The predicted octanol–water partition coefficient (Wildman–Crippen LogP) is 4.41. The summed E-state index contributed by atoms with van der Waals surface area (Å²) in [4.78, 5) is 0. The van der Waals surface area contributed by atoms with E-state index in [-0.39, 0.29) is 17.1 Å². The smallest absolute Gasteiger partial charge is 0.417 e. The van der Waals surface area contributed by atoms with Gasteiger partial charge in [-0.25, -0.2) is 0 Å². The van der Waals surface area contributed by atoms with Crippen LogP contribution in [0.15, 0.2) is 40.8 Å². The van der Waals surface area contributed by atoms with Crippen molar-refractivity contribution in [2.45, 2.75) is 25.6 Å². The first kappa shape index (κ1) is 13.7. The van der Waals surface area contributed by atoms with Crippen molar-refractivity contribution >= 4 is 0 Å². The van der Waals surface area contributed by atoms with Gasteiger partial charge in [0.05, 0.1) is 5.56 Å². The van der Waals surface area contributed by atoms with Crippen LogP contribution >= 0.6 is 0 Å². The van der Waals surface area contributed by atoms with Crippen molar-refractivity contribution in [2.24, 2.45) is 0 Å². The molecule has 0 aliphatic heterocycles. The lowest BCUT2D eigenvalue weighted by molar-refractivity contribution is -0.137. The van der Waals surface area contributed by atoms with Gasteiger partial charge in [-0.2, -0.15) is 13.2 Å². The third kappa shape index (κ3) is 2.81. The molecule has 1 unspecified atom stereocenters. The largest absolute Gasteiger partial charge is 0.458 e. The van der Waals surface area contributed by atoms with Crippen molar-refractivity contribution < 1.29 is 22.7 Å². The molecule has 1 aromatic carbocycles. The quantitative estimate of drug-likeness (QED) is 0.896. The molecule has 0 bridgehead atoms. The van der Waals surface area contributed by atoms with E-state index in [1.165, 1.54) is 30.3 Å². The number of aliphatic hydroxyl groups excluding tert-OH is 1. The Kier molecular flexibility index (Phi) is 3.66. The van der Waals surface area contributed by atoms with Gasteiger partial charge in [-0.3, -0.25) is 0 Å². The molecule has 1 N–H and O–H groups in total. The summed E-state index contributed by atoms with van der Waals surface area (Å²) in [5.41, 5.74) is -0.772. The molecule has 0 saturated heterocycles. The number of hydrogen-bond acceptors (Lipinski definition) is 2. The molecule has 19 heavy (non-hydrogen) atoms. The lowest BCUT2D eigenvalue weighted by Gasteiger charge is -2.11.